The summed E-state index contributed by atoms with van der Waals surface area (Å²) in [4.78, 5) is 41.8. The summed E-state index contributed by atoms with van der Waals surface area (Å²) in [5, 5.41) is 0.587. The fourth-order valence-electron chi connectivity index (χ4n) is 3.52. The zero-order chi connectivity index (χ0) is 21.1. The van der Waals surface area contributed by atoms with Gasteiger partial charge < -0.3 is 9.80 Å². The molecule has 1 fully saturated rings. The quantitative estimate of drug-likeness (QED) is 0.726. The molecule has 1 heterocycles. The second-order valence-corrected chi connectivity index (χ2v) is 9.29. The maximum Gasteiger partial charge on any atom is 0.248 e. The molecule has 28 heavy (non-hydrogen) atoms. The first-order chi connectivity index (χ1) is 13.0. The lowest BCUT2D eigenvalue weighted by Gasteiger charge is -2.25. The Morgan fingerprint density at radius 1 is 1.21 bits per heavy atom. The molecule has 0 spiro atoms. The minimum atomic E-state index is -0.232. The lowest BCUT2D eigenvalue weighted by molar-refractivity contribution is -0.139. The van der Waals surface area contributed by atoms with Gasteiger partial charge in [0.05, 0.1) is 6.54 Å². The topological polar surface area (TPSA) is 60.9 Å². The van der Waals surface area contributed by atoms with E-state index in [1.54, 1.807) is 36.2 Å². The van der Waals surface area contributed by atoms with Crippen LogP contribution in [-0.4, -0.2) is 54.3 Å². The predicted molar refractivity (Wildman–Crippen MR) is 111 cm³/mol. The van der Waals surface area contributed by atoms with Gasteiger partial charge in [0.15, 0.2) is 0 Å². The Labute approximate surface area is 172 Å². The van der Waals surface area contributed by atoms with E-state index in [2.05, 4.69) is 27.7 Å². The highest BCUT2D eigenvalue weighted by Gasteiger charge is 2.32. The zero-order valence-corrected chi connectivity index (χ0v) is 18.1. The van der Waals surface area contributed by atoms with Gasteiger partial charge in [0.2, 0.25) is 17.7 Å². The highest BCUT2D eigenvalue weighted by Crippen LogP contribution is 2.26. The summed E-state index contributed by atoms with van der Waals surface area (Å²) in [6.07, 6.45) is 1.36. The number of nitrogens with zero attached hydrogens (tertiary/aromatic N) is 3. The van der Waals surface area contributed by atoms with Crippen LogP contribution >= 0.6 is 11.6 Å². The minimum Gasteiger partial charge on any atom is -0.336 e. The van der Waals surface area contributed by atoms with Crippen LogP contribution in [0, 0.1) is 11.3 Å². The molecule has 0 bridgehead atoms. The van der Waals surface area contributed by atoms with Gasteiger partial charge in [0.25, 0.3) is 0 Å². The van der Waals surface area contributed by atoms with Crippen LogP contribution in [0.2, 0.25) is 5.02 Å². The molecule has 1 aromatic carbocycles. The first-order valence-corrected chi connectivity index (χ1v) is 9.92. The number of likely N-dealkylation sites (N-methyl/N-ethyl adjacent to an activating group) is 1. The number of halogens is 1. The molecule has 0 unspecified atom stereocenters. The standard InChI is InChI=1S/C21H30ClN3O3/c1-15(11-21(2,3)4)10-18(26)23(5)12-19(27)24-13-20(28)25(14-24)17-8-6-16(22)7-9-17/h6-9,15H,10-14H2,1-5H3/t15-/m1/s1. The lowest BCUT2D eigenvalue weighted by Crippen LogP contribution is -2.41. The lowest BCUT2D eigenvalue weighted by atomic mass is 9.84. The van der Waals surface area contributed by atoms with Gasteiger partial charge in [-0.15, -0.1) is 0 Å². The Morgan fingerprint density at radius 3 is 2.39 bits per heavy atom. The van der Waals surface area contributed by atoms with Crippen molar-refractivity contribution in [3.05, 3.63) is 29.3 Å². The van der Waals surface area contributed by atoms with Crippen LogP contribution < -0.4 is 4.90 Å². The molecule has 0 aromatic heterocycles. The van der Waals surface area contributed by atoms with Crippen LogP contribution in [0.4, 0.5) is 5.69 Å². The van der Waals surface area contributed by atoms with Crippen molar-refractivity contribution in [2.75, 3.05) is 31.7 Å². The molecule has 0 aliphatic carbocycles. The number of hydrogen-bond donors (Lipinski definition) is 0. The summed E-state index contributed by atoms with van der Waals surface area (Å²) < 4.78 is 0. The number of anilines is 1. The average molecular weight is 408 g/mol. The monoisotopic (exact) mass is 407 g/mol. The van der Waals surface area contributed by atoms with Gasteiger partial charge in [-0.25, -0.2) is 0 Å². The van der Waals surface area contributed by atoms with E-state index >= 15 is 0 Å². The van der Waals surface area contributed by atoms with Crippen LogP contribution in [0.15, 0.2) is 24.3 Å². The van der Waals surface area contributed by atoms with E-state index in [0.29, 0.717) is 17.1 Å². The van der Waals surface area contributed by atoms with Crippen molar-refractivity contribution in [1.29, 1.82) is 0 Å². The number of amides is 3. The summed E-state index contributed by atoms with van der Waals surface area (Å²) >= 11 is 5.89. The molecule has 1 aromatic rings. The van der Waals surface area contributed by atoms with E-state index in [1.807, 2.05) is 0 Å². The molecule has 7 heteroatoms. The maximum atomic E-state index is 12.6. The van der Waals surface area contributed by atoms with Gasteiger partial charge >= 0.3 is 0 Å². The summed E-state index contributed by atoms with van der Waals surface area (Å²) in [7, 11) is 1.64. The van der Waals surface area contributed by atoms with Crippen molar-refractivity contribution in [3.8, 4) is 0 Å². The Kier molecular flexibility index (Phi) is 7.10. The number of benzene rings is 1. The maximum absolute atomic E-state index is 12.6. The summed E-state index contributed by atoms with van der Waals surface area (Å²) in [5.74, 6) is -0.184. The Balaban J connectivity index is 1.89. The minimum absolute atomic E-state index is 0.0178. The predicted octanol–water partition coefficient (Wildman–Crippen LogP) is 3.39. The third-order valence-electron chi connectivity index (χ3n) is 4.71. The van der Waals surface area contributed by atoms with Crippen LogP contribution in [0.5, 0.6) is 0 Å². The van der Waals surface area contributed by atoms with Crippen molar-refractivity contribution in [1.82, 2.24) is 9.80 Å². The third-order valence-corrected chi connectivity index (χ3v) is 4.96. The van der Waals surface area contributed by atoms with Gasteiger partial charge in [0.1, 0.15) is 13.2 Å². The Hall–Kier alpha value is -2.08. The van der Waals surface area contributed by atoms with E-state index in [4.69, 9.17) is 11.6 Å². The van der Waals surface area contributed by atoms with Gasteiger partial charge in [-0.05, 0) is 42.0 Å². The number of rotatable bonds is 6. The molecule has 0 radical (unpaired) electrons. The fraction of sp³-hybridized carbons (Fsp3) is 0.571. The van der Waals surface area contributed by atoms with Gasteiger partial charge in [-0.2, -0.15) is 0 Å². The van der Waals surface area contributed by atoms with Crippen molar-refractivity contribution >= 4 is 35.0 Å². The van der Waals surface area contributed by atoms with Crippen molar-refractivity contribution in [2.24, 2.45) is 11.3 Å². The Bertz CT molecular complexity index is 727. The highest BCUT2D eigenvalue weighted by atomic mass is 35.5. The second-order valence-electron chi connectivity index (χ2n) is 8.86. The molecular weight excluding hydrogens is 378 g/mol. The number of carbonyl (C=O) groups excluding carboxylic acids is 3. The van der Waals surface area contributed by atoms with Gasteiger partial charge in [0, 0.05) is 24.2 Å². The molecule has 1 atom stereocenters. The van der Waals surface area contributed by atoms with Crippen LogP contribution in [-0.2, 0) is 14.4 Å². The van der Waals surface area contributed by atoms with Crippen molar-refractivity contribution in [3.63, 3.8) is 0 Å². The largest absolute Gasteiger partial charge is 0.336 e. The van der Waals surface area contributed by atoms with Gasteiger partial charge in [-0.1, -0.05) is 39.3 Å². The van der Waals surface area contributed by atoms with E-state index in [9.17, 15) is 14.4 Å². The molecule has 6 nitrogen and oxygen atoms in total. The molecule has 0 saturated carbocycles. The third kappa shape index (κ3) is 6.23. The second kappa shape index (κ2) is 8.95. The van der Waals surface area contributed by atoms with Crippen LogP contribution in [0.1, 0.15) is 40.5 Å². The average Bonchev–Trinajstić information content (AvgIpc) is 2.95. The fourth-order valence-corrected chi connectivity index (χ4v) is 3.65. The Morgan fingerprint density at radius 2 is 1.82 bits per heavy atom. The van der Waals surface area contributed by atoms with Crippen molar-refractivity contribution in [2.45, 2.75) is 40.5 Å². The first kappa shape index (κ1) is 22.2. The molecule has 1 saturated heterocycles. The zero-order valence-electron chi connectivity index (χ0n) is 17.4. The molecule has 1 aliphatic rings. The summed E-state index contributed by atoms with van der Waals surface area (Å²) in [6, 6.07) is 6.92. The van der Waals surface area contributed by atoms with E-state index in [1.165, 1.54) is 9.80 Å². The van der Waals surface area contributed by atoms with E-state index in [-0.39, 0.29) is 48.8 Å². The van der Waals surface area contributed by atoms with Crippen LogP contribution in [0.3, 0.4) is 0 Å². The molecule has 3 amide bonds. The van der Waals surface area contributed by atoms with Crippen LogP contribution in [0.25, 0.3) is 0 Å². The SMILES string of the molecule is C[C@H](CC(=O)N(C)CC(=O)N1CC(=O)N(c2ccc(Cl)cc2)C1)CC(C)(C)C. The van der Waals surface area contributed by atoms with Crippen molar-refractivity contribution < 1.29 is 14.4 Å². The molecule has 2 rings (SSSR count). The molecular formula is C21H30ClN3O3. The highest BCUT2D eigenvalue weighted by molar-refractivity contribution is 6.30. The summed E-state index contributed by atoms with van der Waals surface area (Å²) in [5.41, 5.74) is 0.861. The van der Waals surface area contributed by atoms with E-state index < -0.39 is 0 Å². The van der Waals surface area contributed by atoms with E-state index in [0.717, 1.165) is 6.42 Å². The first-order valence-electron chi connectivity index (χ1n) is 9.54. The molecule has 154 valence electrons. The smallest absolute Gasteiger partial charge is 0.248 e. The number of hydrogen-bond acceptors (Lipinski definition) is 3. The molecule has 1 aliphatic heterocycles. The number of carbonyl (C=O) groups is 3. The summed E-state index contributed by atoms with van der Waals surface area (Å²) in [6.45, 7) is 8.69. The molecule has 0 N–H and O–H groups in total. The normalized spacial score (nSPS) is 15.7. The van der Waals surface area contributed by atoms with Gasteiger partial charge in [-0.3, -0.25) is 19.3 Å².